The molecule has 18 heavy (non-hydrogen) atoms. The van der Waals surface area contributed by atoms with Crippen LogP contribution in [0.15, 0.2) is 34.9 Å². The molecule has 2 aromatic rings. The summed E-state index contributed by atoms with van der Waals surface area (Å²) in [5, 5.41) is 11.9. The van der Waals surface area contributed by atoms with Gasteiger partial charge in [-0.25, -0.2) is 14.8 Å². The summed E-state index contributed by atoms with van der Waals surface area (Å²) in [5.74, 6) is -0.655. The van der Waals surface area contributed by atoms with Crippen LogP contribution in [0.5, 0.6) is 0 Å². The van der Waals surface area contributed by atoms with Crippen LogP contribution in [0.25, 0.3) is 0 Å². The molecule has 0 amide bonds. The number of aromatic carboxylic acids is 1. The summed E-state index contributed by atoms with van der Waals surface area (Å²) in [4.78, 5) is 18.9. The van der Waals surface area contributed by atoms with Gasteiger partial charge in [0.15, 0.2) is 0 Å². The first-order valence-corrected chi connectivity index (χ1v) is 5.95. The number of nitrogens with one attached hydrogen (secondary N) is 1. The molecule has 0 fully saturated rings. The molecule has 0 aliphatic heterocycles. The summed E-state index contributed by atoms with van der Waals surface area (Å²) < 4.78 is 0.936. The number of hydrogen-bond acceptors (Lipinski definition) is 4. The van der Waals surface area contributed by atoms with Gasteiger partial charge in [0, 0.05) is 16.4 Å². The van der Waals surface area contributed by atoms with Gasteiger partial charge in [0.2, 0.25) is 5.95 Å². The van der Waals surface area contributed by atoms with Crippen molar-refractivity contribution in [3.05, 3.63) is 46.2 Å². The zero-order chi connectivity index (χ0) is 13.1. The Labute approximate surface area is 112 Å². The Morgan fingerprint density at radius 3 is 2.83 bits per heavy atom. The van der Waals surface area contributed by atoms with Crippen LogP contribution < -0.4 is 5.32 Å². The molecule has 0 bridgehead atoms. The quantitative estimate of drug-likeness (QED) is 0.911. The molecule has 1 aromatic heterocycles. The Kier molecular flexibility index (Phi) is 3.57. The first kappa shape index (κ1) is 12.5. The maximum Gasteiger partial charge on any atom is 0.339 e. The minimum Gasteiger partial charge on any atom is -0.478 e. The van der Waals surface area contributed by atoms with Gasteiger partial charge in [-0.2, -0.15) is 0 Å². The van der Waals surface area contributed by atoms with Crippen LogP contribution in [0.3, 0.4) is 0 Å². The van der Waals surface area contributed by atoms with E-state index in [-0.39, 0.29) is 5.56 Å². The standard InChI is InChI=1S/C12H10BrN3O2/c1-7-10(11(17)18)6-14-12(15-7)16-9-4-2-3-8(13)5-9/h2-6H,1H3,(H,17,18)(H,14,15,16). The van der Waals surface area contributed by atoms with Crippen LogP contribution in [-0.4, -0.2) is 21.0 Å². The van der Waals surface area contributed by atoms with Gasteiger partial charge < -0.3 is 10.4 Å². The fourth-order valence-corrected chi connectivity index (χ4v) is 1.83. The van der Waals surface area contributed by atoms with E-state index in [9.17, 15) is 4.79 Å². The zero-order valence-electron chi connectivity index (χ0n) is 9.51. The van der Waals surface area contributed by atoms with Gasteiger partial charge in [0.1, 0.15) is 0 Å². The van der Waals surface area contributed by atoms with E-state index in [1.807, 2.05) is 24.3 Å². The van der Waals surface area contributed by atoms with Crippen molar-refractivity contribution in [2.75, 3.05) is 5.32 Å². The third kappa shape index (κ3) is 2.84. The van der Waals surface area contributed by atoms with Crippen LogP contribution >= 0.6 is 15.9 Å². The fraction of sp³-hybridized carbons (Fsp3) is 0.0833. The maximum absolute atomic E-state index is 10.8. The number of carbonyl (C=O) groups is 1. The number of halogens is 1. The number of nitrogens with zero attached hydrogens (tertiary/aromatic N) is 2. The molecule has 6 heteroatoms. The van der Waals surface area contributed by atoms with Crippen molar-refractivity contribution in [1.29, 1.82) is 0 Å². The third-order valence-electron chi connectivity index (χ3n) is 2.29. The maximum atomic E-state index is 10.8. The molecule has 0 radical (unpaired) electrons. The third-order valence-corrected chi connectivity index (χ3v) is 2.78. The van der Waals surface area contributed by atoms with Crippen LogP contribution in [0.1, 0.15) is 16.1 Å². The molecule has 0 saturated carbocycles. The van der Waals surface area contributed by atoms with Gasteiger partial charge >= 0.3 is 5.97 Å². The zero-order valence-corrected chi connectivity index (χ0v) is 11.1. The summed E-state index contributed by atoms with van der Waals surface area (Å²) in [6.45, 7) is 1.64. The number of hydrogen-bond donors (Lipinski definition) is 2. The number of carboxylic acids is 1. The lowest BCUT2D eigenvalue weighted by Gasteiger charge is -2.06. The molecule has 92 valence electrons. The van der Waals surface area contributed by atoms with Gasteiger partial charge in [-0.05, 0) is 25.1 Å². The summed E-state index contributed by atoms with van der Waals surface area (Å²) >= 11 is 3.36. The average molecular weight is 308 g/mol. The fourth-order valence-electron chi connectivity index (χ4n) is 1.43. The van der Waals surface area contributed by atoms with Crippen molar-refractivity contribution < 1.29 is 9.90 Å². The summed E-state index contributed by atoms with van der Waals surface area (Å²) in [5.41, 5.74) is 1.36. The van der Waals surface area contributed by atoms with Crippen LogP contribution in [0, 0.1) is 6.92 Å². The topological polar surface area (TPSA) is 75.1 Å². The number of aromatic nitrogens is 2. The Morgan fingerprint density at radius 2 is 2.22 bits per heavy atom. The SMILES string of the molecule is Cc1nc(Nc2cccc(Br)c2)ncc1C(=O)O. The normalized spacial score (nSPS) is 10.1. The minimum atomic E-state index is -1.03. The Bertz CT molecular complexity index is 602. The monoisotopic (exact) mass is 307 g/mol. The van der Waals surface area contributed by atoms with Crippen molar-refractivity contribution in [2.24, 2.45) is 0 Å². The Morgan fingerprint density at radius 1 is 1.44 bits per heavy atom. The molecular weight excluding hydrogens is 298 g/mol. The van der Waals surface area contributed by atoms with Crippen LogP contribution in [-0.2, 0) is 0 Å². The van der Waals surface area contributed by atoms with E-state index in [0.717, 1.165) is 10.2 Å². The van der Waals surface area contributed by atoms with E-state index in [2.05, 4.69) is 31.2 Å². The van der Waals surface area contributed by atoms with Gasteiger partial charge in [-0.3, -0.25) is 0 Å². The van der Waals surface area contributed by atoms with Gasteiger partial charge in [0.25, 0.3) is 0 Å². The highest BCUT2D eigenvalue weighted by Crippen LogP contribution is 2.18. The molecule has 2 rings (SSSR count). The average Bonchev–Trinajstić information content (AvgIpc) is 2.28. The summed E-state index contributed by atoms with van der Waals surface area (Å²) in [6, 6.07) is 7.54. The molecule has 1 heterocycles. The number of anilines is 2. The molecule has 0 unspecified atom stereocenters. The molecule has 0 aliphatic rings. The van der Waals surface area contributed by atoms with E-state index in [1.54, 1.807) is 6.92 Å². The van der Waals surface area contributed by atoms with Crippen molar-refractivity contribution in [3.8, 4) is 0 Å². The lowest BCUT2D eigenvalue weighted by atomic mass is 10.2. The van der Waals surface area contributed by atoms with Crippen molar-refractivity contribution in [2.45, 2.75) is 6.92 Å². The van der Waals surface area contributed by atoms with Crippen molar-refractivity contribution >= 4 is 33.5 Å². The largest absolute Gasteiger partial charge is 0.478 e. The smallest absolute Gasteiger partial charge is 0.339 e. The van der Waals surface area contributed by atoms with Crippen molar-refractivity contribution in [1.82, 2.24) is 9.97 Å². The van der Waals surface area contributed by atoms with Gasteiger partial charge in [-0.1, -0.05) is 22.0 Å². The highest BCUT2D eigenvalue weighted by molar-refractivity contribution is 9.10. The number of benzene rings is 1. The lowest BCUT2D eigenvalue weighted by Crippen LogP contribution is -2.06. The molecule has 0 aliphatic carbocycles. The summed E-state index contributed by atoms with van der Waals surface area (Å²) in [6.07, 6.45) is 1.30. The Hall–Kier alpha value is -1.95. The van der Waals surface area contributed by atoms with Gasteiger partial charge in [0.05, 0.1) is 11.3 Å². The highest BCUT2D eigenvalue weighted by Gasteiger charge is 2.09. The Balaban J connectivity index is 2.25. The molecule has 5 nitrogen and oxygen atoms in total. The second-order valence-electron chi connectivity index (χ2n) is 3.63. The first-order valence-electron chi connectivity index (χ1n) is 5.16. The highest BCUT2D eigenvalue weighted by atomic mass is 79.9. The first-order chi connectivity index (χ1) is 8.56. The van der Waals surface area contributed by atoms with Gasteiger partial charge in [-0.15, -0.1) is 0 Å². The minimum absolute atomic E-state index is 0.106. The number of rotatable bonds is 3. The number of aryl methyl sites for hydroxylation is 1. The van der Waals surface area contributed by atoms with E-state index in [1.165, 1.54) is 6.20 Å². The summed E-state index contributed by atoms with van der Waals surface area (Å²) in [7, 11) is 0. The van der Waals surface area contributed by atoms with E-state index in [4.69, 9.17) is 5.11 Å². The lowest BCUT2D eigenvalue weighted by molar-refractivity contribution is 0.0695. The van der Waals surface area contributed by atoms with E-state index in [0.29, 0.717) is 11.6 Å². The predicted molar refractivity (Wildman–Crippen MR) is 71.2 cm³/mol. The number of carboxylic acid groups (broad SMARTS) is 1. The second-order valence-corrected chi connectivity index (χ2v) is 4.55. The van der Waals surface area contributed by atoms with E-state index < -0.39 is 5.97 Å². The molecule has 0 spiro atoms. The second kappa shape index (κ2) is 5.14. The molecule has 2 N–H and O–H groups in total. The molecule has 0 saturated heterocycles. The van der Waals surface area contributed by atoms with E-state index >= 15 is 0 Å². The van der Waals surface area contributed by atoms with Crippen LogP contribution in [0.2, 0.25) is 0 Å². The van der Waals surface area contributed by atoms with Crippen LogP contribution in [0.4, 0.5) is 11.6 Å². The molecule has 0 atom stereocenters. The predicted octanol–water partition coefficient (Wildman–Crippen LogP) is 2.99. The molecule has 1 aromatic carbocycles. The molecular formula is C12H10BrN3O2. The van der Waals surface area contributed by atoms with Crippen molar-refractivity contribution in [3.63, 3.8) is 0 Å².